The molecule has 9 nitrogen and oxygen atoms in total. The van der Waals surface area contributed by atoms with Crippen molar-refractivity contribution < 1.29 is 9.85 Å². The molecule has 31 heavy (non-hydrogen) atoms. The highest BCUT2D eigenvalue weighted by Crippen LogP contribution is 2.39. The Bertz CT molecular complexity index is 1210. The highest BCUT2D eigenvalue weighted by atomic mass is 16.6. The van der Waals surface area contributed by atoms with Gasteiger partial charge in [0.05, 0.1) is 27.5 Å². The highest BCUT2D eigenvalue weighted by Gasteiger charge is 2.25. The minimum Gasteiger partial charge on any atom is -0.350 e. The van der Waals surface area contributed by atoms with E-state index in [0.717, 1.165) is 22.8 Å². The van der Waals surface area contributed by atoms with E-state index in [1.165, 1.54) is 6.07 Å². The number of hydrogen-bond donors (Lipinski definition) is 2. The number of anilines is 4. The van der Waals surface area contributed by atoms with Gasteiger partial charge in [0.25, 0.3) is 11.4 Å². The Labute approximate surface area is 178 Å². The first kappa shape index (κ1) is 21.3. The molecule has 0 fully saturated rings. The molecule has 0 heterocycles. The molecule has 0 aliphatic heterocycles. The molecule has 0 unspecified atom stereocenters. The fourth-order valence-electron chi connectivity index (χ4n) is 3.38. The van der Waals surface area contributed by atoms with Crippen LogP contribution in [0.25, 0.3) is 0 Å². The van der Waals surface area contributed by atoms with E-state index in [0.29, 0.717) is 16.9 Å². The number of nitriles is 1. The van der Waals surface area contributed by atoms with E-state index in [1.807, 2.05) is 39.0 Å². The number of benzene rings is 3. The first-order chi connectivity index (χ1) is 14.7. The van der Waals surface area contributed by atoms with Crippen LogP contribution in [0.15, 0.2) is 48.5 Å². The van der Waals surface area contributed by atoms with Gasteiger partial charge in [-0.15, -0.1) is 0 Å². The van der Waals surface area contributed by atoms with Crippen molar-refractivity contribution in [3.05, 3.63) is 91.0 Å². The summed E-state index contributed by atoms with van der Waals surface area (Å²) in [7, 11) is 0. The summed E-state index contributed by atoms with van der Waals surface area (Å²) in [6.07, 6.45) is 0. The van der Waals surface area contributed by atoms with Gasteiger partial charge in [0.15, 0.2) is 0 Å². The third-order valence-corrected chi connectivity index (χ3v) is 4.74. The summed E-state index contributed by atoms with van der Waals surface area (Å²) < 4.78 is 0. The smallest absolute Gasteiger partial charge is 0.299 e. The Balaban J connectivity index is 2.11. The summed E-state index contributed by atoms with van der Waals surface area (Å²) in [5.74, 6) is 0. The predicted molar refractivity (Wildman–Crippen MR) is 118 cm³/mol. The van der Waals surface area contributed by atoms with Gasteiger partial charge < -0.3 is 10.6 Å². The standard InChI is InChI=1S/C22H19N5O4/c1-13-8-14(2)22(15(3)9-13)25-19-10-18(20(26(28)29)11-21(19)27(30)31)24-17-6-4-16(12-23)5-7-17/h4-11,24-25H,1-3H3. The van der Waals surface area contributed by atoms with E-state index in [2.05, 4.69) is 10.6 Å². The van der Waals surface area contributed by atoms with Crippen LogP contribution in [0.2, 0.25) is 0 Å². The topological polar surface area (TPSA) is 134 Å². The number of nitro groups is 2. The quantitative estimate of drug-likeness (QED) is 0.383. The Kier molecular flexibility index (Phi) is 5.83. The van der Waals surface area contributed by atoms with Crippen LogP contribution in [0, 0.1) is 52.3 Å². The maximum Gasteiger partial charge on any atom is 0.299 e. The van der Waals surface area contributed by atoms with Crippen LogP contribution in [0.3, 0.4) is 0 Å². The molecule has 0 amide bonds. The maximum absolute atomic E-state index is 11.6. The molecule has 3 aromatic rings. The Morgan fingerprint density at radius 2 is 1.32 bits per heavy atom. The SMILES string of the molecule is Cc1cc(C)c(Nc2cc(Nc3ccc(C#N)cc3)c([N+](=O)[O-])cc2[N+](=O)[O-])c(C)c1. The summed E-state index contributed by atoms with van der Waals surface area (Å²) in [6.45, 7) is 5.72. The molecule has 2 N–H and O–H groups in total. The summed E-state index contributed by atoms with van der Waals surface area (Å²) in [5.41, 5.74) is 3.87. The van der Waals surface area contributed by atoms with Crippen molar-refractivity contribution in [2.45, 2.75) is 20.8 Å². The lowest BCUT2D eigenvalue weighted by Crippen LogP contribution is -2.04. The van der Waals surface area contributed by atoms with Gasteiger partial charge in [-0.25, -0.2) is 0 Å². The van der Waals surface area contributed by atoms with Crippen molar-refractivity contribution in [2.75, 3.05) is 10.6 Å². The molecule has 9 heteroatoms. The fourth-order valence-corrected chi connectivity index (χ4v) is 3.38. The van der Waals surface area contributed by atoms with Gasteiger partial charge in [0, 0.05) is 11.4 Å². The van der Waals surface area contributed by atoms with E-state index >= 15 is 0 Å². The van der Waals surface area contributed by atoms with Crippen LogP contribution < -0.4 is 10.6 Å². The predicted octanol–water partition coefficient (Wildman–Crippen LogP) is 5.79. The van der Waals surface area contributed by atoms with E-state index in [-0.39, 0.29) is 11.4 Å². The third kappa shape index (κ3) is 4.59. The van der Waals surface area contributed by atoms with Crippen molar-refractivity contribution in [3.63, 3.8) is 0 Å². The van der Waals surface area contributed by atoms with Crippen molar-refractivity contribution in [1.29, 1.82) is 5.26 Å². The molecule has 0 bridgehead atoms. The number of nitro benzene ring substituents is 2. The normalized spacial score (nSPS) is 10.3. The minimum atomic E-state index is -0.675. The van der Waals surface area contributed by atoms with Gasteiger partial charge in [-0.05, 0) is 62.2 Å². The average Bonchev–Trinajstić information content (AvgIpc) is 2.70. The Morgan fingerprint density at radius 3 is 1.81 bits per heavy atom. The summed E-state index contributed by atoms with van der Waals surface area (Å²) in [5, 5.41) is 38.2. The van der Waals surface area contributed by atoms with Gasteiger partial charge in [0.1, 0.15) is 11.4 Å². The fraction of sp³-hybridized carbons (Fsp3) is 0.136. The summed E-state index contributed by atoms with van der Waals surface area (Å²) in [6, 6.07) is 14.5. The van der Waals surface area contributed by atoms with Crippen LogP contribution in [-0.4, -0.2) is 9.85 Å². The van der Waals surface area contributed by atoms with Gasteiger partial charge in [0.2, 0.25) is 0 Å². The largest absolute Gasteiger partial charge is 0.350 e. The second-order valence-electron chi connectivity index (χ2n) is 7.11. The first-order valence-corrected chi connectivity index (χ1v) is 9.28. The van der Waals surface area contributed by atoms with E-state index in [1.54, 1.807) is 24.3 Å². The van der Waals surface area contributed by atoms with E-state index in [4.69, 9.17) is 5.26 Å². The zero-order chi connectivity index (χ0) is 22.7. The number of aryl methyl sites for hydroxylation is 3. The van der Waals surface area contributed by atoms with Crippen LogP contribution in [0.1, 0.15) is 22.3 Å². The number of nitrogens with one attached hydrogen (secondary N) is 2. The molecule has 0 aromatic heterocycles. The van der Waals surface area contributed by atoms with Crippen molar-refractivity contribution in [3.8, 4) is 6.07 Å². The van der Waals surface area contributed by atoms with Crippen molar-refractivity contribution in [1.82, 2.24) is 0 Å². The molecule has 0 atom stereocenters. The molecular weight excluding hydrogens is 398 g/mol. The molecule has 0 spiro atoms. The van der Waals surface area contributed by atoms with Crippen LogP contribution >= 0.6 is 0 Å². The maximum atomic E-state index is 11.6. The Hall–Kier alpha value is -4.45. The molecule has 0 saturated carbocycles. The molecule has 156 valence electrons. The number of nitrogens with zero attached hydrogens (tertiary/aromatic N) is 3. The molecule has 0 aliphatic carbocycles. The van der Waals surface area contributed by atoms with Gasteiger partial charge >= 0.3 is 0 Å². The van der Waals surface area contributed by atoms with Crippen LogP contribution in [-0.2, 0) is 0 Å². The first-order valence-electron chi connectivity index (χ1n) is 9.28. The third-order valence-electron chi connectivity index (χ3n) is 4.74. The second kappa shape index (κ2) is 8.51. The summed E-state index contributed by atoms with van der Waals surface area (Å²) in [4.78, 5) is 21.9. The van der Waals surface area contributed by atoms with Crippen LogP contribution in [0.5, 0.6) is 0 Å². The van der Waals surface area contributed by atoms with Gasteiger partial charge in [-0.1, -0.05) is 17.7 Å². The molecule has 0 aliphatic rings. The number of rotatable bonds is 6. The second-order valence-corrected chi connectivity index (χ2v) is 7.11. The zero-order valence-corrected chi connectivity index (χ0v) is 17.1. The lowest BCUT2D eigenvalue weighted by molar-refractivity contribution is -0.393. The molecule has 3 aromatic carbocycles. The van der Waals surface area contributed by atoms with Crippen molar-refractivity contribution in [2.24, 2.45) is 0 Å². The Morgan fingerprint density at radius 1 is 0.806 bits per heavy atom. The lowest BCUT2D eigenvalue weighted by Gasteiger charge is -2.15. The minimum absolute atomic E-state index is 0.0882. The zero-order valence-electron chi connectivity index (χ0n) is 17.1. The van der Waals surface area contributed by atoms with Crippen LogP contribution in [0.4, 0.5) is 34.1 Å². The van der Waals surface area contributed by atoms with Crippen molar-refractivity contribution >= 4 is 34.1 Å². The van der Waals surface area contributed by atoms with Gasteiger partial charge in [-0.3, -0.25) is 20.2 Å². The van der Waals surface area contributed by atoms with Gasteiger partial charge in [-0.2, -0.15) is 5.26 Å². The van der Waals surface area contributed by atoms with E-state index < -0.39 is 21.2 Å². The molecule has 0 radical (unpaired) electrons. The lowest BCUT2D eigenvalue weighted by atomic mass is 10.0. The summed E-state index contributed by atoms with van der Waals surface area (Å²) >= 11 is 0. The monoisotopic (exact) mass is 417 g/mol. The van der Waals surface area contributed by atoms with E-state index in [9.17, 15) is 20.2 Å². The number of hydrogen-bond acceptors (Lipinski definition) is 7. The average molecular weight is 417 g/mol. The highest BCUT2D eigenvalue weighted by molar-refractivity contribution is 5.83. The molecule has 3 rings (SSSR count). The molecular formula is C22H19N5O4. The molecule has 0 saturated heterocycles.